The summed E-state index contributed by atoms with van der Waals surface area (Å²) < 4.78 is 31.9. The summed E-state index contributed by atoms with van der Waals surface area (Å²) in [4.78, 5) is 1.40. The minimum absolute atomic E-state index is 0.473. The lowest BCUT2D eigenvalue weighted by molar-refractivity contribution is 0.189. The van der Waals surface area contributed by atoms with E-state index in [1.165, 1.54) is 28.5 Å². The molecule has 0 amide bonds. The van der Waals surface area contributed by atoms with E-state index in [0.29, 0.717) is 37.1 Å². The van der Waals surface area contributed by atoms with Crippen LogP contribution in [0.1, 0.15) is 29.7 Å². The normalized spacial score (nSPS) is 15.8. The molecular weight excluding hydrogens is 308 g/mol. The second kappa shape index (κ2) is 7.19. The third-order valence-corrected chi connectivity index (χ3v) is 6.93. The fourth-order valence-electron chi connectivity index (χ4n) is 2.19. The van der Waals surface area contributed by atoms with Crippen LogP contribution in [0.4, 0.5) is 0 Å². The molecule has 120 valence electrons. The highest BCUT2D eigenvalue weighted by molar-refractivity contribution is 7.89. The first-order valence-corrected chi connectivity index (χ1v) is 9.54. The molecule has 1 aliphatic rings. The fraction of sp³-hybridized carbons (Fsp3) is 0.714. The van der Waals surface area contributed by atoms with E-state index in [9.17, 15) is 8.42 Å². The van der Waals surface area contributed by atoms with Crippen LogP contribution in [0.3, 0.4) is 0 Å². The summed E-state index contributed by atoms with van der Waals surface area (Å²) in [7, 11) is -0.153. The van der Waals surface area contributed by atoms with E-state index in [4.69, 9.17) is 4.74 Å². The highest BCUT2D eigenvalue weighted by Gasteiger charge is 2.28. The van der Waals surface area contributed by atoms with E-state index in [2.05, 4.69) is 5.32 Å². The number of sulfonamides is 1. The van der Waals surface area contributed by atoms with Gasteiger partial charge in [0.15, 0.2) is 0 Å². The van der Waals surface area contributed by atoms with Crippen molar-refractivity contribution in [2.45, 2.75) is 43.7 Å². The number of nitrogens with zero attached hydrogens (tertiary/aromatic N) is 1. The first-order valence-electron chi connectivity index (χ1n) is 7.22. The maximum absolute atomic E-state index is 12.8. The maximum atomic E-state index is 12.8. The Bertz CT molecular complexity index is 565. The summed E-state index contributed by atoms with van der Waals surface area (Å²) in [6.45, 7) is 3.55. The average Bonchev–Trinajstić information content (AvgIpc) is 3.19. The van der Waals surface area contributed by atoms with Crippen LogP contribution < -0.4 is 5.32 Å². The van der Waals surface area contributed by atoms with Gasteiger partial charge >= 0.3 is 0 Å². The Morgan fingerprint density at radius 1 is 1.48 bits per heavy atom. The summed E-state index contributed by atoms with van der Waals surface area (Å²) in [5.74, 6) is 0. The number of ether oxygens (including phenoxy) is 1. The topological polar surface area (TPSA) is 58.6 Å². The molecule has 0 radical (unpaired) electrons. The minimum Gasteiger partial charge on any atom is -0.385 e. The molecule has 1 fully saturated rings. The number of methoxy groups -OCH3 is 1. The summed E-state index contributed by atoms with van der Waals surface area (Å²) in [6.07, 6.45) is 3.10. The Balaban J connectivity index is 2.11. The van der Waals surface area contributed by atoms with Gasteiger partial charge in [0, 0.05) is 44.8 Å². The molecule has 0 bridgehead atoms. The number of nitrogens with one attached hydrogen (secondary N) is 1. The minimum atomic E-state index is -3.42. The second-order valence-corrected chi connectivity index (χ2v) is 8.45. The van der Waals surface area contributed by atoms with Crippen molar-refractivity contribution in [1.82, 2.24) is 9.62 Å². The molecule has 21 heavy (non-hydrogen) atoms. The van der Waals surface area contributed by atoms with Gasteiger partial charge in [-0.3, -0.25) is 0 Å². The van der Waals surface area contributed by atoms with Crippen molar-refractivity contribution in [3.63, 3.8) is 0 Å². The molecule has 5 nitrogen and oxygen atoms in total. The van der Waals surface area contributed by atoms with Crippen LogP contribution in [0.5, 0.6) is 0 Å². The zero-order valence-corrected chi connectivity index (χ0v) is 14.5. The van der Waals surface area contributed by atoms with Gasteiger partial charge < -0.3 is 10.1 Å². The Morgan fingerprint density at radius 3 is 2.81 bits per heavy atom. The molecule has 0 aliphatic heterocycles. The molecule has 1 saturated carbocycles. The van der Waals surface area contributed by atoms with Gasteiger partial charge in [-0.1, -0.05) is 0 Å². The molecule has 0 aromatic carbocycles. The molecule has 2 rings (SSSR count). The molecule has 0 spiro atoms. The number of hydrogen-bond donors (Lipinski definition) is 1. The summed E-state index contributed by atoms with van der Waals surface area (Å²) >= 11 is 1.53. The van der Waals surface area contributed by atoms with Crippen LogP contribution in [0.15, 0.2) is 10.3 Å². The largest absolute Gasteiger partial charge is 0.385 e. The Morgan fingerprint density at radius 2 is 2.19 bits per heavy atom. The lowest BCUT2D eigenvalue weighted by Crippen LogP contribution is -2.30. The van der Waals surface area contributed by atoms with E-state index in [1.807, 2.05) is 12.3 Å². The SMILES string of the molecule is COCCCN(C)S(=O)(=O)c1c(C)csc1CNC1CC1. The van der Waals surface area contributed by atoms with Gasteiger partial charge in [0.25, 0.3) is 0 Å². The zero-order valence-electron chi connectivity index (χ0n) is 12.9. The fourth-order valence-corrected chi connectivity index (χ4v) is 5.10. The molecular formula is C14H24N2O3S2. The van der Waals surface area contributed by atoms with Gasteiger partial charge in [0.05, 0.1) is 0 Å². The van der Waals surface area contributed by atoms with Gasteiger partial charge in [0.2, 0.25) is 10.0 Å². The number of aryl methyl sites for hydroxylation is 1. The van der Waals surface area contributed by atoms with Crippen molar-refractivity contribution in [2.24, 2.45) is 0 Å². The van der Waals surface area contributed by atoms with E-state index >= 15 is 0 Å². The van der Waals surface area contributed by atoms with Crippen molar-refractivity contribution in [3.8, 4) is 0 Å². The van der Waals surface area contributed by atoms with Gasteiger partial charge in [-0.15, -0.1) is 11.3 Å². The van der Waals surface area contributed by atoms with Crippen LogP contribution >= 0.6 is 11.3 Å². The molecule has 0 atom stereocenters. The van der Waals surface area contributed by atoms with E-state index < -0.39 is 10.0 Å². The smallest absolute Gasteiger partial charge is 0.244 e. The van der Waals surface area contributed by atoms with Gasteiger partial charge in [-0.25, -0.2) is 12.7 Å². The van der Waals surface area contributed by atoms with Crippen LogP contribution in [0.25, 0.3) is 0 Å². The maximum Gasteiger partial charge on any atom is 0.244 e. The average molecular weight is 332 g/mol. The highest BCUT2D eigenvalue weighted by atomic mass is 32.2. The monoisotopic (exact) mass is 332 g/mol. The van der Waals surface area contributed by atoms with Crippen LogP contribution in [0.2, 0.25) is 0 Å². The Labute approximate surface area is 131 Å². The van der Waals surface area contributed by atoms with E-state index in [-0.39, 0.29) is 0 Å². The summed E-state index contributed by atoms with van der Waals surface area (Å²) in [5, 5.41) is 5.33. The second-order valence-electron chi connectivity index (χ2n) is 5.50. The molecule has 0 saturated heterocycles. The van der Waals surface area contributed by atoms with Gasteiger partial charge in [0.1, 0.15) is 4.90 Å². The molecule has 0 unspecified atom stereocenters. The Hall–Kier alpha value is -0.470. The number of thiophene rings is 1. The third kappa shape index (κ3) is 4.26. The van der Waals surface area contributed by atoms with Crippen molar-refractivity contribution in [1.29, 1.82) is 0 Å². The van der Waals surface area contributed by atoms with Crippen molar-refractivity contribution in [3.05, 3.63) is 15.8 Å². The number of rotatable bonds is 9. The summed E-state index contributed by atoms with van der Waals surface area (Å²) in [5.41, 5.74) is 0.839. The highest BCUT2D eigenvalue weighted by Crippen LogP contribution is 2.30. The predicted molar refractivity (Wildman–Crippen MR) is 85.2 cm³/mol. The van der Waals surface area contributed by atoms with Crippen molar-refractivity contribution < 1.29 is 13.2 Å². The van der Waals surface area contributed by atoms with Crippen molar-refractivity contribution in [2.75, 3.05) is 27.3 Å². The lowest BCUT2D eigenvalue weighted by Gasteiger charge is -2.18. The van der Waals surface area contributed by atoms with Gasteiger partial charge in [-0.2, -0.15) is 0 Å². The Kier molecular flexibility index (Phi) is 5.79. The van der Waals surface area contributed by atoms with Crippen LogP contribution in [-0.4, -0.2) is 46.1 Å². The first-order chi connectivity index (χ1) is 9.96. The van der Waals surface area contributed by atoms with E-state index in [1.54, 1.807) is 14.2 Å². The van der Waals surface area contributed by atoms with Crippen molar-refractivity contribution >= 4 is 21.4 Å². The molecule has 1 aromatic heterocycles. The molecule has 1 heterocycles. The molecule has 7 heteroatoms. The predicted octanol–water partition coefficient (Wildman–Crippen LogP) is 1.97. The number of hydrogen-bond acceptors (Lipinski definition) is 5. The molecule has 1 aromatic rings. The quantitative estimate of drug-likeness (QED) is 0.703. The van der Waals surface area contributed by atoms with Crippen LogP contribution in [-0.2, 0) is 21.3 Å². The van der Waals surface area contributed by atoms with E-state index in [0.717, 1.165) is 10.4 Å². The molecule has 1 aliphatic carbocycles. The van der Waals surface area contributed by atoms with Gasteiger partial charge in [-0.05, 0) is 37.1 Å². The summed E-state index contributed by atoms with van der Waals surface area (Å²) in [6, 6.07) is 0.572. The lowest BCUT2D eigenvalue weighted by atomic mass is 10.3. The van der Waals surface area contributed by atoms with Crippen LogP contribution in [0, 0.1) is 6.92 Å². The first kappa shape index (κ1) is 16.9. The zero-order chi connectivity index (χ0) is 15.5. The third-order valence-electron chi connectivity index (χ3n) is 3.61. The standard InChI is InChI=1S/C14H24N2O3S2/c1-11-10-20-13(9-15-12-5-6-12)14(11)21(17,18)16(2)7-4-8-19-3/h10,12,15H,4-9H2,1-3H3. The molecule has 1 N–H and O–H groups in total.